The molecule has 6 heteroatoms. The Morgan fingerprint density at radius 3 is 1.02 bits per heavy atom. The standard InChI is InChI=1S/C58H94O6/c1-4-7-10-13-16-19-22-25-27-28-29-30-32-33-36-39-42-45-48-51-57(60)63-54-55(53-62-56(59)50-47-44-41-38-35-24-21-18-15-12-9-6-3)64-58(61)52-49-46-43-40-37-34-31-26-23-20-17-14-11-8-5-2/h8,11,16-21,25-27,29-31,33,36-37,40,55H,4-7,9-10,12-15,22-24,28,32,34-35,38-39,41-54H2,1-3H3/b11-8-,19-16-,20-17-,21-18-,27-25-,30-29-,31-26-,36-33-,40-37-/t55-/m1/s1. The second-order valence-electron chi connectivity index (χ2n) is 16.7. The quantitative estimate of drug-likeness (QED) is 0.0262. The average molecular weight is 887 g/mol. The van der Waals surface area contributed by atoms with E-state index in [0.29, 0.717) is 19.3 Å². The molecule has 64 heavy (non-hydrogen) atoms. The Bertz CT molecular complexity index is 1340. The lowest BCUT2D eigenvalue weighted by Crippen LogP contribution is -2.30. The average Bonchev–Trinajstić information content (AvgIpc) is 3.29. The molecule has 0 saturated carbocycles. The van der Waals surface area contributed by atoms with Crippen molar-refractivity contribution in [2.45, 2.75) is 226 Å². The van der Waals surface area contributed by atoms with Gasteiger partial charge in [0.15, 0.2) is 6.10 Å². The van der Waals surface area contributed by atoms with Crippen LogP contribution in [0.1, 0.15) is 220 Å². The second kappa shape index (κ2) is 51.7. The van der Waals surface area contributed by atoms with Crippen LogP contribution in [0.25, 0.3) is 0 Å². The molecule has 0 unspecified atom stereocenters. The van der Waals surface area contributed by atoms with Gasteiger partial charge in [0.05, 0.1) is 0 Å². The predicted molar refractivity (Wildman–Crippen MR) is 274 cm³/mol. The summed E-state index contributed by atoms with van der Waals surface area (Å²) in [5.74, 6) is -1.00. The van der Waals surface area contributed by atoms with Gasteiger partial charge in [-0.1, -0.05) is 182 Å². The highest BCUT2D eigenvalue weighted by molar-refractivity contribution is 5.71. The number of hydrogen-bond acceptors (Lipinski definition) is 6. The molecule has 1 atom stereocenters. The summed E-state index contributed by atoms with van der Waals surface area (Å²) in [7, 11) is 0. The molecule has 0 aliphatic carbocycles. The van der Waals surface area contributed by atoms with Crippen molar-refractivity contribution in [2.75, 3.05) is 13.2 Å². The molecule has 0 spiro atoms. The van der Waals surface area contributed by atoms with E-state index in [0.717, 1.165) is 116 Å². The van der Waals surface area contributed by atoms with Gasteiger partial charge in [-0.15, -0.1) is 0 Å². The van der Waals surface area contributed by atoms with Crippen molar-refractivity contribution in [3.05, 3.63) is 109 Å². The van der Waals surface area contributed by atoms with Crippen LogP contribution in [0.5, 0.6) is 0 Å². The Kier molecular flexibility index (Phi) is 48.5. The Morgan fingerprint density at radius 1 is 0.328 bits per heavy atom. The fourth-order valence-corrected chi connectivity index (χ4v) is 6.59. The fourth-order valence-electron chi connectivity index (χ4n) is 6.59. The van der Waals surface area contributed by atoms with E-state index in [9.17, 15) is 14.4 Å². The van der Waals surface area contributed by atoms with Gasteiger partial charge in [0, 0.05) is 19.3 Å². The molecule has 0 aromatic carbocycles. The molecule has 0 heterocycles. The van der Waals surface area contributed by atoms with Gasteiger partial charge < -0.3 is 14.2 Å². The molecule has 6 nitrogen and oxygen atoms in total. The molecule has 0 aromatic rings. The van der Waals surface area contributed by atoms with Crippen molar-refractivity contribution >= 4 is 17.9 Å². The summed E-state index contributed by atoms with van der Waals surface area (Å²) in [5.41, 5.74) is 0. The van der Waals surface area contributed by atoms with E-state index >= 15 is 0 Å². The van der Waals surface area contributed by atoms with Crippen LogP contribution >= 0.6 is 0 Å². The molecular formula is C58H94O6. The topological polar surface area (TPSA) is 78.9 Å². The molecule has 0 aliphatic rings. The summed E-state index contributed by atoms with van der Waals surface area (Å²) in [6, 6.07) is 0. The summed E-state index contributed by atoms with van der Waals surface area (Å²) >= 11 is 0. The lowest BCUT2D eigenvalue weighted by Gasteiger charge is -2.18. The second-order valence-corrected chi connectivity index (χ2v) is 16.7. The molecule has 0 amide bonds. The van der Waals surface area contributed by atoms with Gasteiger partial charge in [0.25, 0.3) is 0 Å². The fraction of sp³-hybridized carbons (Fsp3) is 0.638. The van der Waals surface area contributed by atoms with Crippen molar-refractivity contribution in [3.8, 4) is 0 Å². The number of rotatable bonds is 45. The highest BCUT2D eigenvalue weighted by Crippen LogP contribution is 2.12. The van der Waals surface area contributed by atoms with E-state index in [-0.39, 0.29) is 37.5 Å². The Hall–Kier alpha value is -3.93. The number of carbonyl (C=O) groups is 3. The zero-order chi connectivity index (χ0) is 46.5. The number of esters is 3. The van der Waals surface area contributed by atoms with E-state index in [1.54, 1.807) is 0 Å². The molecule has 0 aromatic heterocycles. The number of carbonyl (C=O) groups excluding carboxylic acids is 3. The summed E-state index contributed by atoms with van der Waals surface area (Å²) in [4.78, 5) is 38.0. The molecule has 0 radical (unpaired) electrons. The first kappa shape index (κ1) is 60.1. The normalized spacial score (nSPS) is 13.0. The summed E-state index contributed by atoms with van der Waals surface area (Å²) < 4.78 is 16.7. The number of allylic oxidation sites excluding steroid dienone is 18. The summed E-state index contributed by atoms with van der Waals surface area (Å²) in [5, 5.41) is 0. The van der Waals surface area contributed by atoms with Gasteiger partial charge in [-0.3, -0.25) is 14.4 Å². The van der Waals surface area contributed by atoms with Crippen molar-refractivity contribution in [3.63, 3.8) is 0 Å². The highest BCUT2D eigenvalue weighted by Gasteiger charge is 2.19. The van der Waals surface area contributed by atoms with Gasteiger partial charge >= 0.3 is 17.9 Å². The first-order chi connectivity index (χ1) is 31.5. The predicted octanol–water partition coefficient (Wildman–Crippen LogP) is 17.1. The zero-order valence-electron chi connectivity index (χ0n) is 41.3. The SMILES string of the molecule is CC/C=C\C/C=C\C/C=C\C/C=C\CCCCC(=O)O[C@@H](COC(=O)CCCCC/C=C\C/C=C\C/C=C\C/C=C\CCCCC)COC(=O)CCCCCCC/C=C\CCCCC. The minimum absolute atomic E-state index is 0.112. The van der Waals surface area contributed by atoms with Crippen LogP contribution in [0.4, 0.5) is 0 Å². The van der Waals surface area contributed by atoms with E-state index in [4.69, 9.17) is 14.2 Å². The first-order valence-electron chi connectivity index (χ1n) is 25.9. The maximum Gasteiger partial charge on any atom is 0.306 e. The van der Waals surface area contributed by atoms with Crippen molar-refractivity contribution < 1.29 is 28.6 Å². The third-order valence-electron chi connectivity index (χ3n) is 10.5. The largest absolute Gasteiger partial charge is 0.462 e. The Balaban J connectivity index is 4.52. The van der Waals surface area contributed by atoms with Crippen LogP contribution in [0.2, 0.25) is 0 Å². The third kappa shape index (κ3) is 49.1. The lowest BCUT2D eigenvalue weighted by atomic mass is 10.1. The van der Waals surface area contributed by atoms with Gasteiger partial charge in [0.2, 0.25) is 0 Å². The van der Waals surface area contributed by atoms with Crippen molar-refractivity contribution in [1.82, 2.24) is 0 Å². The maximum absolute atomic E-state index is 12.8. The minimum Gasteiger partial charge on any atom is -0.462 e. The van der Waals surface area contributed by atoms with Gasteiger partial charge in [-0.2, -0.15) is 0 Å². The van der Waals surface area contributed by atoms with E-state index in [2.05, 4.69) is 130 Å². The number of hydrogen-bond donors (Lipinski definition) is 0. The monoisotopic (exact) mass is 887 g/mol. The van der Waals surface area contributed by atoms with Crippen molar-refractivity contribution in [2.24, 2.45) is 0 Å². The maximum atomic E-state index is 12.8. The molecule has 0 rings (SSSR count). The van der Waals surface area contributed by atoms with Crippen LogP contribution in [-0.4, -0.2) is 37.2 Å². The molecule has 362 valence electrons. The molecule has 0 saturated heterocycles. The summed E-state index contributed by atoms with van der Waals surface area (Å²) in [6.07, 6.45) is 69.3. The number of ether oxygens (including phenoxy) is 3. The van der Waals surface area contributed by atoms with Crippen LogP contribution in [0.15, 0.2) is 109 Å². The highest BCUT2D eigenvalue weighted by atomic mass is 16.6. The Morgan fingerprint density at radius 2 is 0.609 bits per heavy atom. The summed E-state index contributed by atoms with van der Waals surface area (Å²) in [6.45, 7) is 6.38. The van der Waals surface area contributed by atoms with Gasteiger partial charge in [0.1, 0.15) is 13.2 Å². The van der Waals surface area contributed by atoms with Gasteiger partial charge in [-0.25, -0.2) is 0 Å². The van der Waals surface area contributed by atoms with E-state index in [1.165, 1.54) is 57.8 Å². The van der Waals surface area contributed by atoms with Crippen molar-refractivity contribution in [1.29, 1.82) is 0 Å². The molecule has 0 N–H and O–H groups in total. The van der Waals surface area contributed by atoms with Crippen LogP contribution in [0.3, 0.4) is 0 Å². The smallest absolute Gasteiger partial charge is 0.306 e. The molecule has 0 aliphatic heterocycles. The first-order valence-corrected chi connectivity index (χ1v) is 25.9. The van der Waals surface area contributed by atoms with Crippen LogP contribution in [0, 0.1) is 0 Å². The van der Waals surface area contributed by atoms with Crippen LogP contribution in [-0.2, 0) is 28.6 Å². The third-order valence-corrected chi connectivity index (χ3v) is 10.5. The Labute approximate surface area is 393 Å². The molecule has 0 fully saturated rings. The van der Waals surface area contributed by atoms with Gasteiger partial charge in [-0.05, 0) is 128 Å². The molecule has 0 bridgehead atoms. The zero-order valence-corrected chi connectivity index (χ0v) is 41.3. The lowest BCUT2D eigenvalue weighted by molar-refractivity contribution is -0.167. The van der Waals surface area contributed by atoms with E-state index in [1.807, 2.05) is 0 Å². The number of unbranched alkanes of at least 4 members (excludes halogenated alkanes) is 16. The van der Waals surface area contributed by atoms with Crippen LogP contribution < -0.4 is 0 Å². The van der Waals surface area contributed by atoms with E-state index < -0.39 is 6.10 Å². The minimum atomic E-state index is -0.817. The molecular weight excluding hydrogens is 793 g/mol.